The summed E-state index contributed by atoms with van der Waals surface area (Å²) in [5, 5.41) is 7.37. The van der Waals surface area contributed by atoms with Crippen LogP contribution in [0.15, 0.2) is 36.8 Å². The van der Waals surface area contributed by atoms with Crippen molar-refractivity contribution in [1.29, 1.82) is 0 Å². The van der Waals surface area contributed by atoms with E-state index in [9.17, 15) is 9.18 Å². The van der Waals surface area contributed by atoms with Gasteiger partial charge in [-0.25, -0.2) is 13.9 Å². The van der Waals surface area contributed by atoms with E-state index in [1.54, 1.807) is 29.2 Å². The number of benzene rings is 1. The van der Waals surface area contributed by atoms with Crippen molar-refractivity contribution < 1.29 is 18.7 Å². The largest absolute Gasteiger partial charge is 0.486 e. The quantitative estimate of drug-likeness (QED) is 0.601. The lowest BCUT2D eigenvalue weighted by Crippen LogP contribution is -2.47. The van der Waals surface area contributed by atoms with E-state index in [-0.39, 0.29) is 18.2 Å². The third-order valence-corrected chi connectivity index (χ3v) is 7.31. The van der Waals surface area contributed by atoms with Gasteiger partial charge in [0, 0.05) is 76.0 Å². The van der Waals surface area contributed by atoms with Crippen LogP contribution in [0.3, 0.4) is 0 Å². The second kappa shape index (κ2) is 9.09. The van der Waals surface area contributed by atoms with E-state index in [4.69, 9.17) is 9.47 Å². The predicted octanol–water partition coefficient (Wildman–Crippen LogP) is 2.56. The Morgan fingerprint density at radius 2 is 2.00 bits per heavy atom. The van der Waals surface area contributed by atoms with Gasteiger partial charge in [-0.1, -0.05) is 0 Å². The van der Waals surface area contributed by atoms with Crippen LogP contribution in [0.1, 0.15) is 28.8 Å². The number of nitrogens with zero attached hydrogens (tertiary/aromatic N) is 5. The third-order valence-electron chi connectivity index (χ3n) is 7.31. The lowest BCUT2D eigenvalue weighted by molar-refractivity contribution is 0.0180. The topological polar surface area (TPSA) is 84.2 Å². The number of rotatable bonds is 5. The number of aromatic nitrogens is 3. The molecular formula is C25H29FN6O3. The summed E-state index contributed by atoms with van der Waals surface area (Å²) in [6.45, 7) is 4.59. The van der Waals surface area contributed by atoms with Crippen molar-refractivity contribution in [2.24, 2.45) is 0 Å². The number of amides is 1. The molecule has 0 saturated carbocycles. The number of carbonyl (C=O) groups is 1. The van der Waals surface area contributed by atoms with Crippen LogP contribution in [0.2, 0.25) is 0 Å². The number of piperidine rings is 1. The molecule has 2 saturated heterocycles. The summed E-state index contributed by atoms with van der Waals surface area (Å²) < 4.78 is 26.5. The fraction of sp³-hybridized carbons (Fsp3) is 0.480. The van der Waals surface area contributed by atoms with Gasteiger partial charge in [-0.15, -0.1) is 0 Å². The van der Waals surface area contributed by atoms with Crippen LogP contribution in [0.4, 0.5) is 15.8 Å². The van der Waals surface area contributed by atoms with Crippen molar-refractivity contribution in [1.82, 2.24) is 19.5 Å². The Kier molecular flexibility index (Phi) is 5.77. The highest BCUT2D eigenvalue weighted by molar-refractivity contribution is 6.09. The van der Waals surface area contributed by atoms with E-state index < -0.39 is 0 Å². The van der Waals surface area contributed by atoms with E-state index in [2.05, 4.69) is 37.3 Å². The Labute approximate surface area is 202 Å². The second-order valence-corrected chi connectivity index (χ2v) is 9.47. The Morgan fingerprint density at radius 1 is 1.17 bits per heavy atom. The molecule has 0 bridgehead atoms. The normalized spacial score (nSPS) is 19.6. The molecule has 3 aromatic rings. The van der Waals surface area contributed by atoms with Crippen molar-refractivity contribution in [2.45, 2.75) is 24.9 Å². The van der Waals surface area contributed by atoms with Crippen molar-refractivity contribution in [3.63, 3.8) is 0 Å². The van der Waals surface area contributed by atoms with Crippen LogP contribution in [-0.2, 0) is 11.2 Å². The van der Waals surface area contributed by atoms with Crippen molar-refractivity contribution in [3.05, 3.63) is 47.9 Å². The van der Waals surface area contributed by atoms with Gasteiger partial charge >= 0.3 is 0 Å². The van der Waals surface area contributed by atoms with Gasteiger partial charge in [0.1, 0.15) is 23.6 Å². The molecule has 0 radical (unpaired) electrons. The van der Waals surface area contributed by atoms with Crippen LogP contribution < -0.4 is 15.0 Å². The van der Waals surface area contributed by atoms with Crippen LogP contribution in [0, 0.1) is 0 Å². The van der Waals surface area contributed by atoms with Crippen LogP contribution in [0.5, 0.6) is 5.75 Å². The molecular weight excluding hydrogens is 451 g/mol. The fourth-order valence-electron chi connectivity index (χ4n) is 5.39. The first-order valence-corrected chi connectivity index (χ1v) is 12.2. The molecule has 1 spiro atoms. The SMILES string of the molecule is O=C(Nc1cc2c(cc1N1CCOCC1)OC1(CCN(CCF)CC1)C2)c1cnn2cccnc12. The van der Waals surface area contributed by atoms with E-state index in [1.807, 2.05) is 0 Å². The number of fused-ring (bicyclic) bond motifs is 2. The molecule has 1 N–H and O–H groups in total. The minimum Gasteiger partial charge on any atom is -0.486 e. The fourth-order valence-corrected chi connectivity index (χ4v) is 5.39. The lowest BCUT2D eigenvalue weighted by atomic mass is 9.87. The maximum Gasteiger partial charge on any atom is 0.261 e. The summed E-state index contributed by atoms with van der Waals surface area (Å²) in [5.41, 5.74) is 3.45. The first-order valence-electron chi connectivity index (χ1n) is 12.2. The van der Waals surface area contributed by atoms with Gasteiger partial charge in [-0.05, 0) is 12.1 Å². The predicted molar refractivity (Wildman–Crippen MR) is 129 cm³/mol. The van der Waals surface area contributed by atoms with Gasteiger partial charge in [-0.2, -0.15) is 5.10 Å². The zero-order valence-corrected chi connectivity index (χ0v) is 19.6. The van der Waals surface area contributed by atoms with Crippen molar-refractivity contribution >= 4 is 22.9 Å². The minimum absolute atomic E-state index is 0.249. The lowest BCUT2D eigenvalue weighted by Gasteiger charge is -2.38. The molecule has 9 nitrogen and oxygen atoms in total. The first-order chi connectivity index (χ1) is 17.1. The first kappa shape index (κ1) is 22.2. The Morgan fingerprint density at radius 3 is 2.80 bits per heavy atom. The highest BCUT2D eigenvalue weighted by Crippen LogP contribution is 2.45. The minimum atomic E-state index is -0.317. The molecule has 10 heteroatoms. The van der Waals surface area contributed by atoms with E-state index in [0.29, 0.717) is 31.0 Å². The molecule has 0 atom stereocenters. The number of hydrogen-bond donors (Lipinski definition) is 1. The van der Waals surface area contributed by atoms with Crippen LogP contribution in [-0.4, -0.2) is 83.6 Å². The molecule has 0 unspecified atom stereocenters. The number of ether oxygens (including phenoxy) is 2. The monoisotopic (exact) mass is 480 g/mol. The van der Waals surface area contributed by atoms with Gasteiger partial charge in [-0.3, -0.25) is 4.79 Å². The summed E-state index contributed by atoms with van der Waals surface area (Å²) >= 11 is 0. The molecule has 1 amide bonds. The zero-order valence-electron chi connectivity index (χ0n) is 19.6. The van der Waals surface area contributed by atoms with Gasteiger partial charge in [0.25, 0.3) is 5.91 Å². The number of hydrogen-bond acceptors (Lipinski definition) is 7. The van der Waals surface area contributed by atoms with Gasteiger partial charge in [0.05, 0.1) is 30.8 Å². The zero-order chi connectivity index (χ0) is 23.8. The summed E-state index contributed by atoms with van der Waals surface area (Å²) in [4.78, 5) is 22.0. The van der Waals surface area contributed by atoms with Crippen LogP contribution in [0.25, 0.3) is 5.65 Å². The Bertz CT molecular complexity index is 1230. The third kappa shape index (κ3) is 4.21. The molecule has 35 heavy (non-hydrogen) atoms. The van der Waals surface area contributed by atoms with Crippen molar-refractivity contribution in [2.75, 3.05) is 62.8 Å². The van der Waals surface area contributed by atoms with E-state index in [1.165, 1.54) is 0 Å². The van der Waals surface area contributed by atoms with E-state index >= 15 is 0 Å². The summed E-state index contributed by atoms with van der Waals surface area (Å²) in [5.74, 6) is 0.627. The molecule has 5 heterocycles. The molecule has 0 aliphatic carbocycles. The number of likely N-dealkylation sites (tertiary alicyclic amines) is 1. The maximum absolute atomic E-state index is 13.3. The number of halogens is 1. The highest BCUT2D eigenvalue weighted by Gasteiger charge is 2.42. The summed E-state index contributed by atoms with van der Waals surface area (Å²) in [7, 11) is 0. The Hall–Kier alpha value is -3.24. The smallest absolute Gasteiger partial charge is 0.261 e. The molecule has 2 aromatic heterocycles. The molecule has 6 rings (SSSR count). The molecule has 2 fully saturated rings. The van der Waals surface area contributed by atoms with Crippen molar-refractivity contribution in [3.8, 4) is 5.75 Å². The molecule has 1 aromatic carbocycles. The molecule has 3 aliphatic heterocycles. The highest BCUT2D eigenvalue weighted by atomic mass is 19.1. The number of carbonyl (C=O) groups excluding carboxylic acids is 1. The summed E-state index contributed by atoms with van der Waals surface area (Å²) in [6.07, 6.45) is 7.48. The maximum atomic E-state index is 13.3. The summed E-state index contributed by atoms with van der Waals surface area (Å²) in [6, 6.07) is 5.89. The molecule has 3 aliphatic rings. The average Bonchev–Trinajstić information content (AvgIpc) is 3.47. The Balaban J connectivity index is 1.29. The van der Waals surface area contributed by atoms with Gasteiger partial charge in [0.2, 0.25) is 0 Å². The number of morpholine rings is 1. The number of alkyl halides is 1. The van der Waals surface area contributed by atoms with Gasteiger partial charge in [0.15, 0.2) is 5.65 Å². The number of nitrogens with one attached hydrogen (secondary N) is 1. The average molecular weight is 481 g/mol. The molecule has 184 valence electrons. The number of anilines is 2. The van der Waals surface area contributed by atoms with E-state index in [0.717, 1.165) is 68.1 Å². The second-order valence-electron chi connectivity index (χ2n) is 9.47. The van der Waals surface area contributed by atoms with Crippen LogP contribution >= 0.6 is 0 Å². The van der Waals surface area contributed by atoms with Gasteiger partial charge < -0.3 is 24.6 Å². The standard InChI is InChI=1S/C25H29FN6O3/c26-4-9-30-7-2-25(3-8-30)16-18-14-20(21(15-22(18)35-25)31-10-12-34-13-11-31)29-24(33)19-17-28-32-6-1-5-27-23(19)32/h1,5-6,14-15,17H,2-4,7-13,16H2,(H,29,33).